The molecule has 3 nitrogen and oxygen atoms in total. The molecule has 0 aliphatic carbocycles. The van der Waals surface area contributed by atoms with E-state index in [0.29, 0.717) is 11.6 Å². The molecule has 0 aliphatic heterocycles. The maximum absolute atomic E-state index is 13.2. The van der Waals surface area contributed by atoms with Crippen LogP contribution in [-0.2, 0) is 12.8 Å². The summed E-state index contributed by atoms with van der Waals surface area (Å²) in [4.78, 5) is 11.2. The maximum Gasteiger partial charge on any atom is 0.420 e. The van der Waals surface area contributed by atoms with Gasteiger partial charge in [-0.2, -0.15) is 13.2 Å². The summed E-state index contributed by atoms with van der Waals surface area (Å²) in [6.07, 6.45) is -4.72. The van der Waals surface area contributed by atoms with Crippen LogP contribution in [0.1, 0.15) is 21.5 Å². The molecule has 0 heterocycles. The zero-order valence-electron chi connectivity index (χ0n) is 12.0. The van der Waals surface area contributed by atoms with Gasteiger partial charge in [0.25, 0.3) is 5.24 Å². The van der Waals surface area contributed by atoms with Crippen molar-refractivity contribution in [3.63, 3.8) is 0 Å². The van der Waals surface area contributed by atoms with E-state index in [-0.39, 0.29) is 17.9 Å². The zero-order chi connectivity index (χ0) is 17.0. The van der Waals surface area contributed by atoms with E-state index < -0.39 is 22.7 Å². The summed E-state index contributed by atoms with van der Waals surface area (Å²) >= 11 is 5.28. The Hall–Kier alpha value is -2.21. The molecule has 0 radical (unpaired) electrons. The van der Waals surface area contributed by atoms with Gasteiger partial charge in [-0.3, -0.25) is 4.79 Å². The third kappa shape index (κ3) is 4.16. The minimum absolute atomic E-state index is 0.0750. The van der Waals surface area contributed by atoms with Gasteiger partial charge in [-0.05, 0) is 29.3 Å². The number of hydrogen-bond donors (Lipinski definition) is 0. The fourth-order valence-corrected chi connectivity index (χ4v) is 2.07. The Bertz CT molecular complexity index is 700. The van der Waals surface area contributed by atoms with E-state index in [9.17, 15) is 18.0 Å². The van der Waals surface area contributed by atoms with Crippen molar-refractivity contribution in [3.8, 4) is 11.5 Å². The monoisotopic (exact) mass is 344 g/mol. The minimum atomic E-state index is -4.72. The molecule has 2 aromatic carbocycles. The van der Waals surface area contributed by atoms with Gasteiger partial charge < -0.3 is 9.47 Å². The number of halogens is 4. The van der Waals surface area contributed by atoms with Crippen molar-refractivity contribution in [2.24, 2.45) is 0 Å². The lowest BCUT2D eigenvalue weighted by atomic mass is 10.1. The van der Waals surface area contributed by atoms with Crippen molar-refractivity contribution in [1.29, 1.82) is 0 Å². The van der Waals surface area contributed by atoms with Crippen LogP contribution >= 0.6 is 11.6 Å². The van der Waals surface area contributed by atoms with Crippen LogP contribution in [0.2, 0.25) is 0 Å². The van der Waals surface area contributed by atoms with Gasteiger partial charge in [0.1, 0.15) is 12.2 Å². The normalized spacial score (nSPS) is 11.2. The molecule has 2 aromatic rings. The molecule has 0 amide bonds. The van der Waals surface area contributed by atoms with Crippen molar-refractivity contribution in [2.45, 2.75) is 12.8 Å². The van der Waals surface area contributed by atoms with Crippen molar-refractivity contribution < 1.29 is 27.4 Å². The lowest BCUT2D eigenvalue weighted by molar-refractivity contribution is -0.139. The summed E-state index contributed by atoms with van der Waals surface area (Å²) in [6.45, 7) is -0.0750. The number of rotatable bonds is 5. The van der Waals surface area contributed by atoms with Crippen LogP contribution < -0.4 is 9.47 Å². The Morgan fingerprint density at radius 1 is 1.17 bits per heavy atom. The Labute approximate surface area is 135 Å². The van der Waals surface area contributed by atoms with E-state index in [1.54, 1.807) is 30.3 Å². The summed E-state index contributed by atoms with van der Waals surface area (Å²) in [5.41, 5.74) is -0.736. The van der Waals surface area contributed by atoms with Crippen LogP contribution in [0.15, 0.2) is 42.5 Å². The summed E-state index contributed by atoms with van der Waals surface area (Å²) < 4.78 is 50.0. The number of carbonyl (C=O) groups excluding carboxylic acids is 1. The molecule has 0 unspecified atom stereocenters. The molecule has 0 N–H and O–H groups in total. The zero-order valence-corrected chi connectivity index (χ0v) is 12.7. The van der Waals surface area contributed by atoms with Gasteiger partial charge in [-0.1, -0.05) is 30.3 Å². The number of ether oxygens (including phenoxy) is 2. The Balaban J connectivity index is 2.45. The molecule has 23 heavy (non-hydrogen) atoms. The topological polar surface area (TPSA) is 35.5 Å². The van der Waals surface area contributed by atoms with Crippen LogP contribution in [-0.4, -0.2) is 12.4 Å². The van der Waals surface area contributed by atoms with Gasteiger partial charge in [0, 0.05) is 5.56 Å². The van der Waals surface area contributed by atoms with E-state index in [2.05, 4.69) is 0 Å². The van der Waals surface area contributed by atoms with Gasteiger partial charge in [-0.25, -0.2) is 0 Å². The third-order valence-electron chi connectivity index (χ3n) is 3.03. The first-order valence-electron chi connectivity index (χ1n) is 6.48. The number of methoxy groups -OCH3 is 1. The number of benzene rings is 2. The molecule has 0 aliphatic rings. The molecular weight excluding hydrogens is 333 g/mol. The minimum Gasteiger partial charge on any atom is -0.493 e. The maximum atomic E-state index is 13.2. The molecule has 0 aromatic heterocycles. The van der Waals surface area contributed by atoms with E-state index in [0.717, 1.165) is 6.07 Å². The lowest BCUT2D eigenvalue weighted by Crippen LogP contribution is -2.11. The Morgan fingerprint density at radius 2 is 1.83 bits per heavy atom. The number of hydrogen-bond acceptors (Lipinski definition) is 3. The van der Waals surface area contributed by atoms with E-state index in [4.69, 9.17) is 21.1 Å². The molecule has 122 valence electrons. The van der Waals surface area contributed by atoms with Crippen LogP contribution in [0.4, 0.5) is 13.2 Å². The Kier molecular flexibility index (Phi) is 5.15. The summed E-state index contributed by atoms with van der Waals surface area (Å²) in [7, 11) is 1.19. The number of alkyl halides is 3. The third-order valence-corrected chi connectivity index (χ3v) is 3.25. The number of carbonyl (C=O) groups is 1. The average molecular weight is 345 g/mol. The second kappa shape index (κ2) is 6.91. The first kappa shape index (κ1) is 17.1. The van der Waals surface area contributed by atoms with Crippen LogP contribution in [0.25, 0.3) is 0 Å². The lowest BCUT2D eigenvalue weighted by Gasteiger charge is -2.18. The van der Waals surface area contributed by atoms with Crippen molar-refractivity contribution in [1.82, 2.24) is 0 Å². The fraction of sp³-hybridized carbons (Fsp3) is 0.188. The van der Waals surface area contributed by atoms with E-state index in [1.165, 1.54) is 7.11 Å². The molecule has 2 rings (SSSR count). The van der Waals surface area contributed by atoms with Crippen LogP contribution in [0.5, 0.6) is 11.5 Å². The molecule has 0 atom stereocenters. The molecule has 7 heteroatoms. The molecular formula is C16H12ClF3O3. The highest BCUT2D eigenvalue weighted by molar-refractivity contribution is 6.67. The largest absolute Gasteiger partial charge is 0.493 e. The molecule has 0 spiro atoms. The van der Waals surface area contributed by atoms with E-state index >= 15 is 0 Å². The summed E-state index contributed by atoms with van der Waals surface area (Å²) in [5.74, 6) is -0.690. The first-order valence-corrected chi connectivity index (χ1v) is 6.86. The summed E-state index contributed by atoms with van der Waals surface area (Å²) in [6, 6.07) is 10.5. The molecule has 0 fully saturated rings. The highest BCUT2D eigenvalue weighted by atomic mass is 35.5. The van der Waals surface area contributed by atoms with E-state index in [1.807, 2.05) is 0 Å². The van der Waals surface area contributed by atoms with Crippen molar-refractivity contribution >= 4 is 16.8 Å². The van der Waals surface area contributed by atoms with Gasteiger partial charge in [0.05, 0.1) is 7.11 Å². The van der Waals surface area contributed by atoms with Crippen molar-refractivity contribution in [3.05, 3.63) is 59.2 Å². The van der Waals surface area contributed by atoms with Gasteiger partial charge >= 0.3 is 6.18 Å². The predicted octanol–water partition coefficient (Wildman–Crippen LogP) is 4.67. The second-order valence-corrected chi connectivity index (χ2v) is 4.94. The quantitative estimate of drug-likeness (QED) is 0.739. The first-order chi connectivity index (χ1) is 10.8. The molecule has 0 saturated carbocycles. The standard InChI is InChI=1S/C16H12ClF3O3/c1-22-13-8-11(15(17)21)7-12(16(18,19)20)14(13)23-9-10-5-3-2-4-6-10/h2-8H,9H2,1H3. The second-order valence-electron chi connectivity index (χ2n) is 4.60. The van der Waals surface area contributed by atoms with Crippen molar-refractivity contribution in [2.75, 3.05) is 7.11 Å². The summed E-state index contributed by atoms with van der Waals surface area (Å²) in [5, 5.41) is -1.01. The molecule has 0 saturated heterocycles. The SMILES string of the molecule is COc1cc(C(=O)Cl)cc(C(F)(F)F)c1OCc1ccccc1. The Morgan fingerprint density at radius 3 is 2.35 bits per heavy atom. The van der Waals surface area contributed by atoms with Gasteiger partial charge in [-0.15, -0.1) is 0 Å². The fourth-order valence-electron chi connectivity index (χ4n) is 1.96. The smallest absolute Gasteiger partial charge is 0.420 e. The van der Waals surface area contributed by atoms with Crippen LogP contribution in [0, 0.1) is 0 Å². The van der Waals surface area contributed by atoms with Gasteiger partial charge in [0.2, 0.25) is 0 Å². The molecule has 0 bridgehead atoms. The van der Waals surface area contributed by atoms with Gasteiger partial charge in [0.15, 0.2) is 11.5 Å². The average Bonchev–Trinajstić information content (AvgIpc) is 2.52. The van der Waals surface area contributed by atoms with Crippen LogP contribution in [0.3, 0.4) is 0 Å². The highest BCUT2D eigenvalue weighted by Gasteiger charge is 2.37. The highest BCUT2D eigenvalue weighted by Crippen LogP contribution is 2.43. The predicted molar refractivity (Wildman–Crippen MR) is 79.0 cm³/mol.